The number of rotatable bonds is 2. The molecule has 1 aromatic carbocycles. The van der Waals surface area contributed by atoms with Gasteiger partial charge in [-0.25, -0.2) is 0 Å². The van der Waals surface area contributed by atoms with Gasteiger partial charge in [-0.2, -0.15) is 0 Å². The highest BCUT2D eigenvalue weighted by atomic mass is 32.1. The number of nitrogens with two attached hydrogens (primary N) is 1. The quantitative estimate of drug-likeness (QED) is 0.909. The Morgan fingerprint density at radius 1 is 1.43 bits per heavy atom. The lowest BCUT2D eigenvalue weighted by Crippen LogP contribution is -2.38. The monoisotopic (exact) mass is 302 g/mol. The maximum atomic E-state index is 12.9. The summed E-state index contributed by atoms with van der Waals surface area (Å²) in [6, 6.07) is 6.53. The first kappa shape index (κ1) is 14.4. The van der Waals surface area contributed by atoms with Gasteiger partial charge in [0.05, 0.1) is 5.69 Å². The van der Waals surface area contributed by atoms with Crippen LogP contribution in [0.3, 0.4) is 0 Å². The SMILES string of the molecule is Cc1ccc2c(N)c(C(=O)N3CCCC3C(C)C)sc2c1. The van der Waals surface area contributed by atoms with Crippen molar-refractivity contribution in [3.8, 4) is 0 Å². The van der Waals surface area contributed by atoms with E-state index < -0.39 is 0 Å². The fraction of sp³-hybridized carbons (Fsp3) is 0.471. The van der Waals surface area contributed by atoms with Crippen LogP contribution in [0, 0.1) is 12.8 Å². The van der Waals surface area contributed by atoms with Crippen LogP contribution in [0.5, 0.6) is 0 Å². The highest BCUT2D eigenvalue weighted by Gasteiger charge is 2.33. The van der Waals surface area contributed by atoms with Gasteiger partial charge in [-0.3, -0.25) is 4.79 Å². The molecule has 0 aliphatic carbocycles. The molecule has 0 bridgehead atoms. The first-order valence-corrected chi connectivity index (χ1v) is 8.40. The molecule has 112 valence electrons. The number of carbonyl (C=O) groups is 1. The smallest absolute Gasteiger partial charge is 0.266 e. The Morgan fingerprint density at radius 3 is 2.90 bits per heavy atom. The average Bonchev–Trinajstić information content (AvgIpc) is 3.03. The molecular formula is C17H22N2OS. The van der Waals surface area contributed by atoms with Gasteiger partial charge in [0.15, 0.2) is 0 Å². The van der Waals surface area contributed by atoms with E-state index >= 15 is 0 Å². The Balaban J connectivity index is 2.00. The second kappa shape index (κ2) is 5.34. The van der Waals surface area contributed by atoms with E-state index in [1.165, 1.54) is 16.9 Å². The molecule has 3 nitrogen and oxygen atoms in total. The van der Waals surface area contributed by atoms with E-state index in [4.69, 9.17) is 5.73 Å². The molecule has 21 heavy (non-hydrogen) atoms. The number of anilines is 1. The highest BCUT2D eigenvalue weighted by Crippen LogP contribution is 2.36. The summed E-state index contributed by atoms with van der Waals surface area (Å²) in [5.41, 5.74) is 8.09. The van der Waals surface area contributed by atoms with Gasteiger partial charge in [-0.1, -0.05) is 26.0 Å². The molecule has 1 unspecified atom stereocenters. The van der Waals surface area contributed by atoms with E-state index in [2.05, 4.69) is 26.8 Å². The molecule has 1 aliphatic rings. The number of likely N-dealkylation sites (tertiary alicyclic amines) is 1. The van der Waals surface area contributed by atoms with E-state index in [0.717, 1.165) is 29.5 Å². The molecule has 0 saturated carbocycles. The van der Waals surface area contributed by atoms with Crippen LogP contribution in [0.1, 0.15) is 41.9 Å². The zero-order valence-electron chi connectivity index (χ0n) is 12.8. The van der Waals surface area contributed by atoms with Crippen LogP contribution >= 0.6 is 11.3 Å². The molecule has 0 radical (unpaired) electrons. The lowest BCUT2D eigenvalue weighted by Gasteiger charge is -2.27. The van der Waals surface area contributed by atoms with Crippen molar-refractivity contribution >= 4 is 33.0 Å². The van der Waals surface area contributed by atoms with E-state index in [-0.39, 0.29) is 5.91 Å². The summed E-state index contributed by atoms with van der Waals surface area (Å²) in [6.07, 6.45) is 2.20. The third-order valence-corrected chi connectivity index (χ3v) is 5.56. The highest BCUT2D eigenvalue weighted by molar-refractivity contribution is 7.21. The van der Waals surface area contributed by atoms with Crippen LogP contribution < -0.4 is 5.73 Å². The number of hydrogen-bond donors (Lipinski definition) is 1. The number of carbonyl (C=O) groups excluding carboxylic acids is 1. The molecule has 4 heteroatoms. The van der Waals surface area contributed by atoms with Crippen molar-refractivity contribution in [1.82, 2.24) is 4.90 Å². The lowest BCUT2D eigenvalue weighted by molar-refractivity contribution is 0.0707. The van der Waals surface area contributed by atoms with Gasteiger partial charge in [0.2, 0.25) is 0 Å². The van der Waals surface area contributed by atoms with E-state index in [1.807, 2.05) is 17.0 Å². The first-order chi connectivity index (χ1) is 9.99. The number of aryl methyl sites for hydroxylation is 1. The topological polar surface area (TPSA) is 46.3 Å². The zero-order valence-corrected chi connectivity index (χ0v) is 13.7. The molecule has 1 amide bonds. The van der Waals surface area contributed by atoms with E-state index in [1.54, 1.807) is 0 Å². The second-order valence-electron chi connectivity index (χ2n) is 6.30. The Kier molecular flexibility index (Phi) is 3.66. The molecular weight excluding hydrogens is 280 g/mol. The van der Waals surface area contributed by atoms with Gasteiger partial charge in [-0.15, -0.1) is 11.3 Å². The zero-order chi connectivity index (χ0) is 15.1. The number of hydrogen-bond acceptors (Lipinski definition) is 3. The Labute approximate surface area is 129 Å². The maximum absolute atomic E-state index is 12.9. The summed E-state index contributed by atoms with van der Waals surface area (Å²) in [5, 5.41) is 1.01. The molecule has 1 saturated heterocycles. The molecule has 1 fully saturated rings. The number of amides is 1. The Morgan fingerprint density at radius 2 is 2.19 bits per heavy atom. The number of thiophene rings is 1. The van der Waals surface area contributed by atoms with Gasteiger partial charge >= 0.3 is 0 Å². The van der Waals surface area contributed by atoms with Crippen LogP contribution in [0.25, 0.3) is 10.1 Å². The fourth-order valence-electron chi connectivity index (χ4n) is 3.25. The number of benzene rings is 1. The van der Waals surface area contributed by atoms with Crippen molar-refractivity contribution < 1.29 is 4.79 Å². The molecule has 2 aromatic rings. The van der Waals surface area contributed by atoms with Crippen molar-refractivity contribution in [2.45, 2.75) is 39.7 Å². The maximum Gasteiger partial charge on any atom is 0.266 e. The molecule has 0 spiro atoms. The number of nitrogens with zero attached hydrogens (tertiary/aromatic N) is 1. The van der Waals surface area contributed by atoms with E-state index in [9.17, 15) is 4.79 Å². The summed E-state index contributed by atoms with van der Waals surface area (Å²) in [4.78, 5) is 15.6. The third kappa shape index (κ3) is 2.42. The lowest BCUT2D eigenvalue weighted by atomic mass is 10.0. The standard InChI is InChI=1S/C17H22N2OS/c1-10(2)13-5-4-8-19(13)17(20)16-15(18)12-7-6-11(3)9-14(12)21-16/h6-7,9-10,13H,4-5,8,18H2,1-3H3. The van der Waals surface area contributed by atoms with Crippen molar-refractivity contribution in [3.63, 3.8) is 0 Å². The molecule has 3 rings (SSSR count). The van der Waals surface area contributed by atoms with Crippen LogP contribution in [0.4, 0.5) is 5.69 Å². The Bertz CT molecular complexity index is 689. The van der Waals surface area contributed by atoms with Gasteiger partial charge in [0.1, 0.15) is 4.88 Å². The second-order valence-corrected chi connectivity index (χ2v) is 7.35. The van der Waals surface area contributed by atoms with Gasteiger partial charge in [0.25, 0.3) is 5.91 Å². The largest absolute Gasteiger partial charge is 0.397 e. The van der Waals surface area contributed by atoms with E-state index in [0.29, 0.717) is 22.5 Å². The summed E-state index contributed by atoms with van der Waals surface area (Å²) in [6.45, 7) is 7.29. The Hall–Kier alpha value is -1.55. The average molecular weight is 302 g/mol. The van der Waals surface area contributed by atoms with Crippen LogP contribution in [0.2, 0.25) is 0 Å². The van der Waals surface area contributed by atoms with Crippen molar-refractivity contribution in [2.24, 2.45) is 5.92 Å². The van der Waals surface area contributed by atoms with Gasteiger partial charge < -0.3 is 10.6 Å². The number of nitrogen functional groups attached to an aromatic ring is 1. The molecule has 1 atom stereocenters. The summed E-state index contributed by atoms with van der Waals surface area (Å²) in [5.74, 6) is 0.608. The summed E-state index contributed by atoms with van der Waals surface area (Å²) < 4.78 is 1.11. The molecule has 2 N–H and O–H groups in total. The van der Waals surface area contributed by atoms with Crippen molar-refractivity contribution in [3.05, 3.63) is 28.6 Å². The number of fused-ring (bicyclic) bond motifs is 1. The predicted molar refractivity (Wildman–Crippen MR) is 89.9 cm³/mol. The van der Waals surface area contributed by atoms with Crippen molar-refractivity contribution in [1.29, 1.82) is 0 Å². The third-order valence-electron chi connectivity index (χ3n) is 4.41. The van der Waals surface area contributed by atoms with Crippen LogP contribution in [0.15, 0.2) is 18.2 Å². The predicted octanol–water partition coefficient (Wildman–Crippen LogP) is 4.05. The summed E-state index contributed by atoms with van der Waals surface area (Å²) >= 11 is 1.53. The fourth-order valence-corrected chi connectivity index (χ4v) is 4.43. The minimum Gasteiger partial charge on any atom is -0.397 e. The molecule has 2 heterocycles. The molecule has 1 aromatic heterocycles. The minimum absolute atomic E-state index is 0.113. The van der Waals surface area contributed by atoms with Gasteiger partial charge in [0, 0.05) is 22.7 Å². The van der Waals surface area contributed by atoms with Gasteiger partial charge in [-0.05, 0) is 37.3 Å². The van der Waals surface area contributed by atoms with Crippen LogP contribution in [-0.4, -0.2) is 23.4 Å². The minimum atomic E-state index is 0.113. The van der Waals surface area contributed by atoms with Crippen molar-refractivity contribution in [2.75, 3.05) is 12.3 Å². The summed E-state index contributed by atoms with van der Waals surface area (Å²) in [7, 11) is 0. The molecule has 1 aliphatic heterocycles. The van der Waals surface area contributed by atoms with Crippen LogP contribution in [-0.2, 0) is 0 Å². The normalized spacial score (nSPS) is 18.9. The first-order valence-electron chi connectivity index (χ1n) is 7.58.